The van der Waals surface area contributed by atoms with Gasteiger partial charge in [0.1, 0.15) is 17.7 Å². The molecular weight excluding hydrogens is 407 g/mol. The number of nitrogens with one attached hydrogen (secondary N) is 2. The quantitative estimate of drug-likeness (QED) is 0.349. The number of amides is 1. The number of nitrogens with zero attached hydrogens (tertiary/aromatic N) is 4. The third-order valence-electron chi connectivity index (χ3n) is 4.48. The molecule has 0 aliphatic heterocycles. The zero-order chi connectivity index (χ0) is 22.3. The van der Waals surface area contributed by atoms with E-state index in [9.17, 15) is 14.4 Å². The number of halogens is 1. The lowest BCUT2D eigenvalue weighted by Gasteiger charge is -2.08. The van der Waals surface area contributed by atoms with Crippen LogP contribution in [-0.2, 0) is 4.79 Å². The van der Waals surface area contributed by atoms with Crippen molar-refractivity contribution in [3.63, 3.8) is 0 Å². The molecule has 156 valence electrons. The molecule has 7 nitrogen and oxygen atoms in total. The molecule has 2 N–H and O–H groups in total. The normalized spacial score (nSPS) is 10.9. The highest BCUT2D eigenvalue weighted by atomic mass is 19.1. The Morgan fingerprint density at radius 2 is 1.62 bits per heavy atom. The lowest BCUT2D eigenvalue weighted by atomic mass is 10.1. The second-order valence-corrected chi connectivity index (χ2v) is 6.67. The van der Waals surface area contributed by atoms with Gasteiger partial charge in [-0.1, -0.05) is 48.5 Å². The maximum atomic E-state index is 13.0. The van der Waals surface area contributed by atoms with Crippen LogP contribution in [0.25, 0.3) is 16.9 Å². The van der Waals surface area contributed by atoms with E-state index in [1.165, 1.54) is 24.3 Å². The van der Waals surface area contributed by atoms with Gasteiger partial charge in [-0.3, -0.25) is 10.2 Å². The Morgan fingerprint density at radius 1 is 0.969 bits per heavy atom. The van der Waals surface area contributed by atoms with Crippen LogP contribution >= 0.6 is 0 Å². The molecule has 0 saturated heterocycles. The van der Waals surface area contributed by atoms with Crippen LogP contribution in [0.4, 0.5) is 15.9 Å². The first-order valence-electron chi connectivity index (χ1n) is 9.65. The highest BCUT2D eigenvalue weighted by Gasteiger charge is 2.17. The summed E-state index contributed by atoms with van der Waals surface area (Å²) in [5.41, 5.74) is 4.91. The minimum atomic E-state index is -0.709. The van der Waals surface area contributed by atoms with Crippen molar-refractivity contribution < 1.29 is 9.18 Å². The summed E-state index contributed by atoms with van der Waals surface area (Å²) in [5, 5.41) is 20.6. The fourth-order valence-corrected chi connectivity index (χ4v) is 2.93. The van der Waals surface area contributed by atoms with Gasteiger partial charge in [-0.15, -0.1) is 0 Å². The molecule has 0 unspecified atom stereocenters. The molecule has 4 rings (SSSR count). The van der Waals surface area contributed by atoms with E-state index in [0.717, 1.165) is 11.3 Å². The van der Waals surface area contributed by atoms with Crippen LogP contribution in [0.2, 0.25) is 0 Å². The Labute approximate surface area is 183 Å². The van der Waals surface area contributed by atoms with Crippen molar-refractivity contribution in [2.75, 3.05) is 10.7 Å². The smallest absolute Gasteiger partial charge is 0.288 e. The van der Waals surface area contributed by atoms with Crippen LogP contribution in [0.15, 0.2) is 96.1 Å². The molecule has 1 amide bonds. The summed E-state index contributed by atoms with van der Waals surface area (Å²) in [6.07, 6.45) is 0. The van der Waals surface area contributed by atoms with Gasteiger partial charge in [0.05, 0.1) is 17.1 Å². The first-order valence-corrected chi connectivity index (χ1v) is 9.65. The minimum Gasteiger partial charge on any atom is -0.304 e. The lowest BCUT2D eigenvalue weighted by Crippen LogP contribution is -2.24. The zero-order valence-electron chi connectivity index (χ0n) is 16.7. The number of rotatable bonds is 6. The highest BCUT2D eigenvalue weighted by Crippen LogP contribution is 2.24. The van der Waals surface area contributed by atoms with E-state index in [-0.39, 0.29) is 0 Å². The molecule has 0 aliphatic carbocycles. The fourth-order valence-electron chi connectivity index (χ4n) is 2.93. The van der Waals surface area contributed by atoms with E-state index >= 15 is 0 Å². The van der Waals surface area contributed by atoms with Crippen molar-refractivity contribution >= 4 is 23.1 Å². The number of benzene rings is 3. The first kappa shape index (κ1) is 20.5. The largest absolute Gasteiger partial charge is 0.304 e. The van der Waals surface area contributed by atoms with E-state index in [1.807, 2.05) is 60.7 Å². The second-order valence-electron chi connectivity index (χ2n) is 6.67. The molecule has 0 aliphatic rings. The summed E-state index contributed by atoms with van der Waals surface area (Å²) in [4.78, 5) is 12.7. The molecule has 1 aromatic heterocycles. The molecule has 0 fully saturated rings. The second kappa shape index (κ2) is 9.36. The molecule has 0 atom stereocenters. The van der Waals surface area contributed by atoms with E-state index in [2.05, 4.69) is 20.9 Å². The Kier molecular flexibility index (Phi) is 6.00. The molecular formula is C24H17FN6O. The maximum absolute atomic E-state index is 13.0. The molecule has 1 heterocycles. The highest BCUT2D eigenvalue weighted by molar-refractivity contribution is 6.48. The number of nitriles is 1. The van der Waals surface area contributed by atoms with Gasteiger partial charge in [0.25, 0.3) is 5.91 Å². The maximum Gasteiger partial charge on any atom is 0.288 e. The van der Waals surface area contributed by atoms with Gasteiger partial charge in [-0.25, -0.2) is 9.07 Å². The number of anilines is 2. The van der Waals surface area contributed by atoms with Crippen molar-refractivity contribution in [2.45, 2.75) is 0 Å². The number of carbonyl (C=O) groups excluding carboxylic acids is 1. The monoisotopic (exact) mass is 424 g/mol. The summed E-state index contributed by atoms with van der Waals surface area (Å²) in [6, 6.07) is 27.7. The number of aromatic nitrogens is 2. The van der Waals surface area contributed by atoms with E-state index in [0.29, 0.717) is 17.2 Å². The fraction of sp³-hybridized carbons (Fsp3) is 0. The average molecular weight is 424 g/mol. The predicted molar refractivity (Wildman–Crippen MR) is 121 cm³/mol. The molecule has 3 aromatic carbocycles. The van der Waals surface area contributed by atoms with E-state index < -0.39 is 17.4 Å². The van der Waals surface area contributed by atoms with Crippen LogP contribution in [0.5, 0.6) is 0 Å². The predicted octanol–water partition coefficient (Wildman–Crippen LogP) is 4.61. The van der Waals surface area contributed by atoms with Gasteiger partial charge in [-0.05, 0) is 36.4 Å². The Hall–Kier alpha value is -4.77. The van der Waals surface area contributed by atoms with Crippen molar-refractivity contribution in [1.29, 1.82) is 5.26 Å². The summed E-state index contributed by atoms with van der Waals surface area (Å²) < 4.78 is 14.6. The number of hydrogen-bond acceptors (Lipinski definition) is 5. The molecule has 0 bridgehead atoms. The molecule has 0 radical (unpaired) electrons. The zero-order valence-corrected chi connectivity index (χ0v) is 16.7. The number of hydrogen-bond donors (Lipinski definition) is 2. The van der Waals surface area contributed by atoms with Gasteiger partial charge >= 0.3 is 0 Å². The molecule has 4 aromatic rings. The van der Waals surface area contributed by atoms with Gasteiger partial charge in [0.2, 0.25) is 5.71 Å². The lowest BCUT2D eigenvalue weighted by molar-refractivity contribution is -0.110. The van der Waals surface area contributed by atoms with Crippen molar-refractivity contribution in [3.05, 3.63) is 96.8 Å². The average Bonchev–Trinajstić information content (AvgIpc) is 3.25. The number of carbonyl (C=O) groups is 1. The van der Waals surface area contributed by atoms with E-state index in [1.54, 1.807) is 16.8 Å². The van der Waals surface area contributed by atoms with Crippen LogP contribution in [0, 0.1) is 17.1 Å². The SMILES string of the molecule is N#C/C(=N\Nc1ccc(F)cc1)C(=O)Nc1cc(-c2ccccc2)nn1-c1ccccc1. The molecule has 0 saturated carbocycles. The van der Waals surface area contributed by atoms with Gasteiger partial charge in [-0.2, -0.15) is 15.5 Å². The number of hydrazone groups is 1. The number of para-hydroxylation sites is 1. The third kappa shape index (κ3) is 4.68. The Balaban J connectivity index is 1.62. The van der Waals surface area contributed by atoms with Gasteiger partial charge in [0.15, 0.2) is 0 Å². The third-order valence-corrected chi connectivity index (χ3v) is 4.48. The summed E-state index contributed by atoms with van der Waals surface area (Å²) in [7, 11) is 0. The topological polar surface area (TPSA) is 95.1 Å². The van der Waals surface area contributed by atoms with Crippen LogP contribution in [0.1, 0.15) is 0 Å². The van der Waals surface area contributed by atoms with Gasteiger partial charge < -0.3 is 5.32 Å². The Morgan fingerprint density at radius 3 is 2.28 bits per heavy atom. The van der Waals surface area contributed by atoms with Crippen molar-refractivity contribution in [2.24, 2.45) is 5.10 Å². The van der Waals surface area contributed by atoms with Crippen LogP contribution in [0.3, 0.4) is 0 Å². The van der Waals surface area contributed by atoms with Crippen molar-refractivity contribution in [1.82, 2.24) is 9.78 Å². The molecule has 8 heteroatoms. The van der Waals surface area contributed by atoms with Crippen molar-refractivity contribution in [3.8, 4) is 23.0 Å². The Bertz CT molecular complexity index is 1290. The standard InChI is InChI=1S/C24H17FN6O/c25-18-11-13-19(14-12-18)28-29-22(16-26)24(32)27-23-15-21(17-7-3-1-4-8-17)30-31(23)20-9-5-2-6-10-20/h1-15,28H,(H,27,32)/b29-22+. The summed E-state index contributed by atoms with van der Waals surface area (Å²) in [6.45, 7) is 0. The summed E-state index contributed by atoms with van der Waals surface area (Å²) in [5.74, 6) is -0.732. The van der Waals surface area contributed by atoms with E-state index in [4.69, 9.17) is 0 Å². The molecule has 0 spiro atoms. The van der Waals surface area contributed by atoms with Crippen LogP contribution < -0.4 is 10.7 Å². The molecule has 32 heavy (non-hydrogen) atoms. The van der Waals surface area contributed by atoms with Crippen LogP contribution in [-0.4, -0.2) is 21.4 Å². The minimum absolute atomic E-state index is 0.379. The van der Waals surface area contributed by atoms with Gasteiger partial charge in [0, 0.05) is 11.6 Å². The summed E-state index contributed by atoms with van der Waals surface area (Å²) >= 11 is 0. The first-order chi connectivity index (χ1) is 15.6.